The van der Waals surface area contributed by atoms with Crippen LogP contribution in [0.1, 0.15) is 26.7 Å². The number of hydrogen-bond acceptors (Lipinski definition) is 4. The van der Waals surface area contributed by atoms with Gasteiger partial charge in [0.1, 0.15) is 0 Å². The van der Waals surface area contributed by atoms with E-state index in [0.29, 0.717) is 38.2 Å². The van der Waals surface area contributed by atoms with Crippen LogP contribution in [-0.2, 0) is 14.8 Å². The molecule has 1 saturated heterocycles. The van der Waals surface area contributed by atoms with E-state index in [0.717, 1.165) is 0 Å². The van der Waals surface area contributed by atoms with Gasteiger partial charge in [0, 0.05) is 31.7 Å². The van der Waals surface area contributed by atoms with E-state index in [9.17, 15) is 18.0 Å². The van der Waals surface area contributed by atoms with E-state index in [1.807, 2.05) is 13.8 Å². The molecule has 0 aliphatic carbocycles. The van der Waals surface area contributed by atoms with E-state index in [-0.39, 0.29) is 16.8 Å². The zero-order valence-electron chi connectivity index (χ0n) is 14.4. The molecule has 9 heteroatoms. The number of urea groups is 1. The molecule has 1 aromatic rings. The Hall–Kier alpha value is -2.13. The predicted octanol–water partition coefficient (Wildman–Crippen LogP) is 1.12. The highest BCUT2D eigenvalue weighted by molar-refractivity contribution is 7.89. The maximum atomic E-state index is 12.0. The number of carbonyl (C=O) groups excluding carboxylic acids is 2. The van der Waals surface area contributed by atoms with Crippen LogP contribution in [0.2, 0.25) is 0 Å². The van der Waals surface area contributed by atoms with Crippen molar-refractivity contribution in [2.24, 2.45) is 0 Å². The van der Waals surface area contributed by atoms with Gasteiger partial charge in [-0.15, -0.1) is 0 Å². The Bertz CT molecular complexity index is 718. The van der Waals surface area contributed by atoms with Crippen LogP contribution in [0.15, 0.2) is 29.2 Å². The lowest BCUT2D eigenvalue weighted by Gasteiger charge is -2.15. The summed E-state index contributed by atoms with van der Waals surface area (Å²) in [6, 6.07) is 5.29. The van der Waals surface area contributed by atoms with Gasteiger partial charge < -0.3 is 15.5 Å². The van der Waals surface area contributed by atoms with Gasteiger partial charge in [-0.05, 0) is 37.6 Å². The average molecular weight is 368 g/mol. The lowest BCUT2D eigenvalue weighted by Crippen LogP contribution is -2.39. The van der Waals surface area contributed by atoms with Gasteiger partial charge >= 0.3 is 6.03 Å². The van der Waals surface area contributed by atoms with Crippen LogP contribution < -0.4 is 15.4 Å². The lowest BCUT2D eigenvalue weighted by atomic mass is 10.2. The molecule has 1 atom stereocenters. The minimum absolute atomic E-state index is 0.0296. The first-order valence-corrected chi connectivity index (χ1v) is 9.79. The fraction of sp³-hybridized carbons (Fsp3) is 0.500. The second-order valence-electron chi connectivity index (χ2n) is 5.85. The number of rotatable bonds is 7. The Morgan fingerprint density at radius 3 is 2.48 bits per heavy atom. The van der Waals surface area contributed by atoms with Gasteiger partial charge in [0.05, 0.1) is 10.9 Å². The Balaban J connectivity index is 1.91. The molecule has 138 valence electrons. The molecule has 1 aromatic carbocycles. The van der Waals surface area contributed by atoms with Gasteiger partial charge in [-0.25, -0.2) is 17.9 Å². The monoisotopic (exact) mass is 368 g/mol. The summed E-state index contributed by atoms with van der Waals surface area (Å²) >= 11 is 0. The van der Waals surface area contributed by atoms with Gasteiger partial charge in [-0.2, -0.15) is 0 Å². The number of benzene rings is 1. The van der Waals surface area contributed by atoms with Gasteiger partial charge in [-0.1, -0.05) is 6.92 Å². The molecule has 0 radical (unpaired) electrons. The Kier molecular flexibility index (Phi) is 6.38. The van der Waals surface area contributed by atoms with Gasteiger partial charge in [0.25, 0.3) is 0 Å². The van der Waals surface area contributed by atoms with E-state index >= 15 is 0 Å². The third kappa shape index (κ3) is 5.17. The molecule has 2 rings (SSSR count). The van der Waals surface area contributed by atoms with Gasteiger partial charge in [0.15, 0.2) is 0 Å². The topological polar surface area (TPSA) is 108 Å². The standard InChI is InChI=1S/C16H24N4O4S/c1-3-9-17-25(23,24)14-7-5-12(6-8-14)18-16(22)19-13-10-15(21)20(4-2)11-13/h5-8,13,17H,3-4,9-11H2,1-2H3,(H2,18,19,22). The summed E-state index contributed by atoms with van der Waals surface area (Å²) < 4.78 is 26.5. The zero-order valence-corrected chi connectivity index (χ0v) is 15.2. The fourth-order valence-electron chi connectivity index (χ4n) is 2.56. The smallest absolute Gasteiger partial charge is 0.319 e. The van der Waals surface area contributed by atoms with Crippen LogP contribution in [0.5, 0.6) is 0 Å². The first kappa shape index (κ1) is 19.2. The second-order valence-corrected chi connectivity index (χ2v) is 7.62. The van der Waals surface area contributed by atoms with Crippen LogP contribution in [0, 0.1) is 0 Å². The van der Waals surface area contributed by atoms with Crippen LogP contribution in [0.4, 0.5) is 10.5 Å². The van der Waals surface area contributed by atoms with E-state index < -0.39 is 16.1 Å². The molecular weight excluding hydrogens is 344 g/mol. The van der Waals surface area contributed by atoms with Crippen LogP contribution in [-0.4, -0.2) is 50.9 Å². The molecule has 1 aliphatic heterocycles. The summed E-state index contributed by atoms with van der Waals surface area (Å²) in [4.78, 5) is 25.5. The Morgan fingerprint density at radius 1 is 1.24 bits per heavy atom. The Labute approximate surface area is 148 Å². The second kappa shape index (κ2) is 8.30. The normalized spacial score (nSPS) is 17.6. The van der Waals surface area contributed by atoms with Crippen molar-refractivity contribution >= 4 is 27.6 Å². The molecule has 1 fully saturated rings. The SMILES string of the molecule is CCCNS(=O)(=O)c1ccc(NC(=O)NC2CC(=O)N(CC)C2)cc1. The molecule has 8 nitrogen and oxygen atoms in total. The molecule has 0 spiro atoms. The molecule has 3 N–H and O–H groups in total. The van der Waals surface area contributed by atoms with Crippen LogP contribution >= 0.6 is 0 Å². The average Bonchev–Trinajstić information content (AvgIpc) is 2.92. The molecule has 0 aromatic heterocycles. The highest BCUT2D eigenvalue weighted by atomic mass is 32.2. The summed E-state index contributed by atoms with van der Waals surface area (Å²) in [5.74, 6) is 0.0296. The quantitative estimate of drug-likeness (QED) is 0.670. The zero-order chi connectivity index (χ0) is 18.4. The summed E-state index contributed by atoms with van der Waals surface area (Å²) in [7, 11) is -3.52. The number of anilines is 1. The van der Waals surface area contributed by atoms with Crippen LogP contribution in [0.25, 0.3) is 0 Å². The van der Waals surface area contributed by atoms with Crippen molar-refractivity contribution in [2.45, 2.75) is 37.6 Å². The highest BCUT2D eigenvalue weighted by Gasteiger charge is 2.29. The lowest BCUT2D eigenvalue weighted by molar-refractivity contribution is -0.127. The molecule has 3 amide bonds. The minimum atomic E-state index is -3.52. The number of amides is 3. The van der Waals surface area contributed by atoms with Gasteiger partial charge in [0.2, 0.25) is 15.9 Å². The number of likely N-dealkylation sites (tertiary alicyclic amines) is 1. The first-order valence-electron chi connectivity index (χ1n) is 8.30. The molecule has 25 heavy (non-hydrogen) atoms. The molecule has 1 aliphatic rings. The number of nitrogens with one attached hydrogen (secondary N) is 3. The number of sulfonamides is 1. The van der Waals surface area contributed by atoms with Crippen molar-refractivity contribution in [3.63, 3.8) is 0 Å². The largest absolute Gasteiger partial charge is 0.341 e. The number of carbonyl (C=O) groups is 2. The molecule has 0 saturated carbocycles. The molecule has 1 unspecified atom stereocenters. The Morgan fingerprint density at radius 2 is 1.92 bits per heavy atom. The van der Waals surface area contributed by atoms with Crippen molar-refractivity contribution in [3.8, 4) is 0 Å². The highest BCUT2D eigenvalue weighted by Crippen LogP contribution is 2.15. The third-order valence-corrected chi connectivity index (χ3v) is 5.37. The summed E-state index contributed by atoms with van der Waals surface area (Å²) in [5, 5.41) is 5.39. The van der Waals surface area contributed by atoms with Crippen molar-refractivity contribution in [3.05, 3.63) is 24.3 Å². The van der Waals surface area contributed by atoms with E-state index in [4.69, 9.17) is 0 Å². The van der Waals surface area contributed by atoms with Crippen molar-refractivity contribution in [1.29, 1.82) is 0 Å². The van der Waals surface area contributed by atoms with Crippen LogP contribution in [0.3, 0.4) is 0 Å². The van der Waals surface area contributed by atoms with Crippen molar-refractivity contribution in [2.75, 3.05) is 25.0 Å². The van der Waals surface area contributed by atoms with E-state index in [1.165, 1.54) is 24.3 Å². The molecular formula is C16H24N4O4S. The number of hydrogen-bond donors (Lipinski definition) is 3. The predicted molar refractivity (Wildman–Crippen MR) is 94.7 cm³/mol. The maximum Gasteiger partial charge on any atom is 0.319 e. The number of likely N-dealkylation sites (N-methyl/N-ethyl adjacent to an activating group) is 1. The summed E-state index contributed by atoms with van der Waals surface area (Å²) in [6.07, 6.45) is 1.000. The third-order valence-electron chi connectivity index (χ3n) is 3.90. The summed E-state index contributed by atoms with van der Waals surface area (Å²) in [5.41, 5.74) is 0.476. The number of nitrogens with zero attached hydrogens (tertiary/aromatic N) is 1. The molecule has 0 bridgehead atoms. The minimum Gasteiger partial charge on any atom is -0.341 e. The fourth-order valence-corrected chi connectivity index (χ4v) is 3.70. The molecule has 1 heterocycles. The van der Waals surface area contributed by atoms with E-state index in [2.05, 4.69) is 15.4 Å². The maximum absolute atomic E-state index is 12.0. The first-order chi connectivity index (χ1) is 11.9. The summed E-state index contributed by atoms with van der Waals surface area (Å²) in [6.45, 7) is 5.28. The van der Waals surface area contributed by atoms with Crippen molar-refractivity contribution in [1.82, 2.24) is 14.9 Å². The van der Waals surface area contributed by atoms with Crippen molar-refractivity contribution < 1.29 is 18.0 Å². The van der Waals surface area contributed by atoms with Gasteiger partial charge in [-0.3, -0.25) is 4.79 Å². The van der Waals surface area contributed by atoms with E-state index in [1.54, 1.807) is 4.90 Å².